The molecule has 5 heterocycles. The van der Waals surface area contributed by atoms with Crippen molar-refractivity contribution in [1.82, 2.24) is 29.8 Å². The Kier molecular flexibility index (Phi) is 16.9. The first-order chi connectivity index (χ1) is 31.7. The number of unbranched alkanes of at least 4 members (excludes halogenated alkanes) is 1. The number of nitrogens with zero attached hydrogens (tertiary/aromatic N) is 5. The van der Waals surface area contributed by atoms with Crippen LogP contribution < -0.4 is 10.6 Å². The van der Waals surface area contributed by atoms with Gasteiger partial charge in [0, 0.05) is 55.8 Å². The van der Waals surface area contributed by atoms with Crippen LogP contribution in [-0.2, 0) is 44.6 Å². The molecule has 0 spiro atoms. The largest absolute Gasteiger partial charge is 0.458 e. The van der Waals surface area contributed by atoms with E-state index in [0.29, 0.717) is 63.1 Å². The Morgan fingerprint density at radius 3 is 2.43 bits per heavy atom. The number of anilines is 1. The van der Waals surface area contributed by atoms with Gasteiger partial charge in [-0.3, -0.25) is 24.5 Å². The van der Waals surface area contributed by atoms with Crippen molar-refractivity contribution in [2.45, 2.75) is 174 Å². The van der Waals surface area contributed by atoms with Crippen LogP contribution in [-0.4, -0.2) is 134 Å². The molecule has 1 aromatic carbocycles. The predicted octanol–water partition coefficient (Wildman–Crippen LogP) is 6.77. The molecule has 3 aliphatic rings. The number of amides is 2. The van der Waals surface area contributed by atoms with Gasteiger partial charge in [-0.15, -0.1) is 5.10 Å². The van der Waals surface area contributed by atoms with Gasteiger partial charge in [-0.05, 0) is 117 Å². The molecule has 6 rings (SSSR count). The molecule has 0 saturated carbocycles. The Balaban J connectivity index is 1.15. The number of hydrogen-bond donors (Lipinski definition) is 3. The maximum absolute atomic E-state index is 14.4. The molecule has 0 bridgehead atoms. The Morgan fingerprint density at radius 2 is 1.75 bits per heavy atom. The molecular formula is C49H73N7O11. The van der Waals surface area contributed by atoms with Crippen molar-refractivity contribution in [3.63, 3.8) is 0 Å². The molecule has 3 aliphatic heterocycles. The molecule has 2 aromatic heterocycles. The smallest absolute Gasteiger partial charge is 0.412 e. The van der Waals surface area contributed by atoms with E-state index in [1.165, 1.54) is 6.92 Å². The van der Waals surface area contributed by atoms with E-state index in [2.05, 4.69) is 27.9 Å². The van der Waals surface area contributed by atoms with Crippen molar-refractivity contribution in [1.29, 1.82) is 0 Å². The lowest BCUT2D eigenvalue weighted by Crippen LogP contribution is -2.56. The van der Waals surface area contributed by atoms with Crippen LogP contribution in [0.15, 0.2) is 55.0 Å². The molecule has 0 aliphatic carbocycles. The second kappa shape index (κ2) is 22.0. The molecule has 370 valence electrons. The van der Waals surface area contributed by atoms with E-state index < -0.39 is 83.7 Å². The number of ether oxygens (including phenoxy) is 6. The number of fused-ring (bicyclic) bond motifs is 1. The normalized spacial score (nSPS) is 32.4. The van der Waals surface area contributed by atoms with Crippen LogP contribution in [0.3, 0.4) is 0 Å². The van der Waals surface area contributed by atoms with Gasteiger partial charge in [0.1, 0.15) is 29.4 Å². The summed E-state index contributed by atoms with van der Waals surface area (Å²) >= 11 is 0. The lowest BCUT2D eigenvalue weighted by atomic mass is 9.78. The van der Waals surface area contributed by atoms with Crippen LogP contribution in [0.5, 0.6) is 0 Å². The van der Waals surface area contributed by atoms with E-state index in [-0.39, 0.29) is 24.1 Å². The molecule has 67 heavy (non-hydrogen) atoms. The minimum atomic E-state index is -1.19. The fourth-order valence-corrected chi connectivity index (χ4v) is 9.74. The summed E-state index contributed by atoms with van der Waals surface area (Å²) in [6.07, 6.45) is 2.25. The van der Waals surface area contributed by atoms with Gasteiger partial charge in [0.15, 0.2) is 18.2 Å². The van der Waals surface area contributed by atoms with Gasteiger partial charge in [-0.1, -0.05) is 38.1 Å². The summed E-state index contributed by atoms with van der Waals surface area (Å²) in [4.78, 5) is 56.3. The first-order valence-corrected chi connectivity index (χ1v) is 23.8. The van der Waals surface area contributed by atoms with Gasteiger partial charge >= 0.3 is 18.2 Å². The summed E-state index contributed by atoms with van der Waals surface area (Å²) in [5, 5.41) is 26.8. The van der Waals surface area contributed by atoms with E-state index in [0.717, 1.165) is 5.56 Å². The van der Waals surface area contributed by atoms with Crippen molar-refractivity contribution in [2.75, 3.05) is 25.5 Å². The van der Waals surface area contributed by atoms with E-state index in [1.807, 2.05) is 75.1 Å². The van der Waals surface area contributed by atoms with E-state index >= 15 is 0 Å². The third-order valence-corrected chi connectivity index (χ3v) is 13.3. The van der Waals surface area contributed by atoms with E-state index in [4.69, 9.17) is 28.4 Å². The summed E-state index contributed by atoms with van der Waals surface area (Å²) in [6, 6.07) is 9.96. The lowest BCUT2D eigenvalue weighted by molar-refractivity contribution is -0.294. The van der Waals surface area contributed by atoms with Gasteiger partial charge < -0.3 is 43.4 Å². The Labute approximate surface area is 394 Å². The highest BCUT2D eigenvalue weighted by Gasteiger charge is 2.52. The zero-order valence-corrected chi connectivity index (χ0v) is 41.0. The molecule has 3 fully saturated rings. The second-order valence-electron chi connectivity index (χ2n) is 19.9. The number of Topliss-reactive ketones (excluding diaryl/α,β-unsaturated/α-hetero) is 1. The standard InChI is InChI=1S/C49H73N7O11/c1-12-38-42-39(56(47(61)65-42)23-16-15-22-55-28-36(52-53-55)34-18-17-19-35(25-34)51-46(60)67-48(7,8)9)33(6)50-27-29(2)26-49(10,62-11)43(31(4)40(57)32(5)44(59)64-38)66-45-41(58)37(24-30(3)63-45)54-20-13-14-21-54/h13-14,17-21,25,28-33,37-39,41-43,45,50,58H,12,15-16,22-24,26-27H2,1-11H3,(H,51,60)/t29-,30-,31+,32-,33-,37?,38-,39-,41?,42-,43-,45+,49-/m1/s1. The number of hydrogen-bond acceptors (Lipinski definition) is 14. The van der Waals surface area contributed by atoms with Gasteiger partial charge in [0.05, 0.1) is 36.1 Å². The Morgan fingerprint density at radius 1 is 1.03 bits per heavy atom. The number of aliphatic hydroxyl groups excluding tert-OH is 1. The van der Waals surface area contributed by atoms with Crippen LogP contribution in [0, 0.1) is 17.8 Å². The summed E-state index contributed by atoms with van der Waals surface area (Å²) in [5.74, 6) is -3.25. The average Bonchev–Trinajstić information content (AvgIpc) is 4.06. The number of cyclic esters (lactones) is 1. The van der Waals surface area contributed by atoms with Gasteiger partial charge in [-0.2, -0.15) is 0 Å². The van der Waals surface area contributed by atoms with Gasteiger partial charge in [0.25, 0.3) is 0 Å². The monoisotopic (exact) mass is 936 g/mol. The number of aryl methyl sites for hydroxylation is 1. The third-order valence-electron chi connectivity index (χ3n) is 13.3. The quantitative estimate of drug-likeness (QED) is 0.0742. The van der Waals surface area contributed by atoms with Gasteiger partial charge in [0.2, 0.25) is 0 Å². The van der Waals surface area contributed by atoms with Crippen molar-refractivity contribution < 1.29 is 52.7 Å². The maximum atomic E-state index is 14.4. The molecule has 13 atom stereocenters. The Bertz CT molecular complexity index is 2130. The van der Waals surface area contributed by atoms with E-state index in [1.54, 1.807) is 56.5 Å². The molecule has 3 aromatic rings. The zero-order valence-electron chi connectivity index (χ0n) is 41.0. The number of aromatic nitrogens is 4. The van der Waals surface area contributed by atoms with Crippen LogP contribution in [0.1, 0.15) is 107 Å². The number of benzene rings is 1. The minimum Gasteiger partial charge on any atom is -0.458 e. The fourth-order valence-electron chi connectivity index (χ4n) is 9.74. The number of carbonyl (C=O) groups excluding carboxylic acids is 4. The summed E-state index contributed by atoms with van der Waals surface area (Å²) < 4.78 is 40.5. The molecule has 3 saturated heterocycles. The average molecular weight is 936 g/mol. The van der Waals surface area contributed by atoms with Crippen molar-refractivity contribution in [3.8, 4) is 11.3 Å². The highest BCUT2D eigenvalue weighted by molar-refractivity contribution is 6.00. The topological polar surface area (TPSA) is 207 Å². The second-order valence-corrected chi connectivity index (χ2v) is 19.9. The zero-order chi connectivity index (χ0) is 48.8. The van der Waals surface area contributed by atoms with Gasteiger partial charge in [-0.25, -0.2) is 9.59 Å². The maximum Gasteiger partial charge on any atom is 0.412 e. The fraction of sp³-hybridized carbons (Fsp3) is 0.673. The molecule has 0 radical (unpaired) electrons. The SMILES string of the molecule is CC[C@H]1OC(=O)[C@H](C)C(=O)[C@H](C)[C@@H](O[C@@H]2O[C@H](C)CC(n3cccc3)C2O)[C@](C)(OC)C[C@@H](C)CN[C@H](C)[C@@H]2[C@@H]1OC(=O)N2CCCCn1cc(-c2cccc(NC(=O)OC(C)(C)C)c2)nn1. The number of esters is 1. The summed E-state index contributed by atoms with van der Waals surface area (Å²) in [6.45, 7) is 19.8. The number of ketones is 1. The number of rotatable bonds is 12. The van der Waals surface area contributed by atoms with Crippen molar-refractivity contribution >= 4 is 29.6 Å². The predicted molar refractivity (Wildman–Crippen MR) is 249 cm³/mol. The number of methoxy groups -OCH3 is 1. The van der Waals surface area contributed by atoms with Crippen LogP contribution in [0.2, 0.25) is 0 Å². The van der Waals surface area contributed by atoms with Crippen molar-refractivity contribution in [2.24, 2.45) is 17.8 Å². The molecule has 18 heteroatoms. The van der Waals surface area contributed by atoms with Crippen LogP contribution in [0.25, 0.3) is 11.3 Å². The Hall–Kier alpha value is -4.88. The molecular weight excluding hydrogens is 863 g/mol. The first kappa shape index (κ1) is 51.5. The molecule has 18 nitrogen and oxygen atoms in total. The number of aliphatic hydroxyl groups is 1. The first-order valence-electron chi connectivity index (χ1n) is 23.8. The molecule has 2 amide bonds. The summed E-state index contributed by atoms with van der Waals surface area (Å²) in [7, 11) is 1.58. The highest BCUT2D eigenvalue weighted by Crippen LogP contribution is 2.38. The third kappa shape index (κ3) is 12.6. The highest BCUT2D eigenvalue weighted by atomic mass is 16.7. The number of carbonyl (C=O) groups is 4. The lowest BCUT2D eigenvalue weighted by Gasteiger charge is -2.46. The van der Waals surface area contributed by atoms with E-state index in [9.17, 15) is 24.3 Å². The minimum absolute atomic E-state index is 0.0341. The van der Waals surface area contributed by atoms with Crippen molar-refractivity contribution in [3.05, 3.63) is 55.0 Å². The summed E-state index contributed by atoms with van der Waals surface area (Å²) in [5.41, 5.74) is 0.274. The molecule has 3 N–H and O–H groups in total. The molecule has 2 unspecified atom stereocenters. The van der Waals surface area contributed by atoms with Crippen LogP contribution >= 0.6 is 0 Å². The van der Waals surface area contributed by atoms with Crippen LogP contribution in [0.4, 0.5) is 15.3 Å². The number of nitrogens with one attached hydrogen (secondary N) is 2.